The first-order valence-electron chi connectivity index (χ1n) is 9.84. The molecule has 1 saturated heterocycles. The lowest BCUT2D eigenvalue weighted by Gasteiger charge is -2.34. The van der Waals surface area contributed by atoms with Crippen molar-refractivity contribution in [2.24, 2.45) is 4.99 Å². The van der Waals surface area contributed by atoms with Gasteiger partial charge < -0.3 is 4.90 Å². The molecule has 0 bridgehead atoms. The van der Waals surface area contributed by atoms with Gasteiger partial charge in [-0.1, -0.05) is 35.9 Å². The molecular weight excluding hydrogens is 424 g/mol. The predicted octanol–water partition coefficient (Wildman–Crippen LogP) is 2.11. The van der Waals surface area contributed by atoms with Gasteiger partial charge in [-0.05, 0) is 29.8 Å². The summed E-state index contributed by atoms with van der Waals surface area (Å²) < 4.78 is 26.7. The Kier molecular flexibility index (Phi) is 6.08. The molecule has 0 aromatic heterocycles. The number of rotatable bonds is 5. The number of nitrogens with zero attached hydrogens (tertiary/aromatic N) is 3. The summed E-state index contributed by atoms with van der Waals surface area (Å²) in [7, 11) is -3.55. The molecule has 0 atom stereocenters. The standard InChI is InChI=1S/C21H23ClN4O3S/c22-17-5-3-4-16(14-17)15-25-10-12-26(13-11-25)20(27)8-9-23-21-18-6-1-2-7-19(18)30(28,29)24-21/h1-7,14H,8-13,15H2,(H,23,24). The van der Waals surface area contributed by atoms with E-state index in [4.69, 9.17) is 11.6 Å². The number of hydrogen-bond donors (Lipinski definition) is 1. The summed E-state index contributed by atoms with van der Waals surface area (Å²) in [6.45, 7) is 4.01. The van der Waals surface area contributed by atoms with E-state index >= 15 is 0 Å². The molecule has 1 amide bonds. The minimum absolute atomic E-state index is 0.0379. The molecule has 0 aliphatic carbocycles. The number of sulfonamides is 1. The molecular formula is C21H23ClN4O3S. The molecule has 9 heteroatoms. The second-order valence-corrected chi connectivity index (χ2v) is 9.46. The number of amidine groups is 1. The van der Waals surface area contributed by atoms with E-state index in [0.717, 1.165) is 30.2 Å². The molecule has 2 aliphatic rings. The Hall–Kier alpha value is -2.42. The molecule has 1 N–H and O–H groups in total. The summed E-state index contributed by atoms with van der Waals surface area (Å²) in [5, 5.41) is 0.732. The average molecular weight is 447 g/mol. The number of nitrogens with one attached hydrogen (secondary N) is 1. The van der Waals surface area contributed by atoms with Crippen LogP contribution in [0.25, 0.3) is 0 Å². The SMILES string of the molecule is O=C(CCN=C1NS(=O)(=O)c2ccccc21)N1CCN(Cc2cccc(Cl)c2)CC1. The molecule has 2 heterocycles. The number of benzene rings is 2. The van der Waals surface area contributed by atoms with Crippen LogP contribution in [0.15, 0.2) is 58.4 Å². The van der Waals surface area contributed by atoms with Crippen LogP contribution in [0.2, 0.25) is 5.02 Å². The number of fused-ring (bicyclic) bond motifs is 1. The van der Waals surface area contributed by atoms with E-state index in [0.29, 0.717) is 24.5 Å². The van der Waals surface area contributed by atoms with Crippen molar-refractivity contribution in [2.75, 3.05) is 32.7 Å². The summed E-state index contributed by atoms with van der Waals surface area (Å²) in [6.07, 6.45) is 0.252. The first-order valence-corrected chi connectivity index (χ1v) is 11.7. The zero-order valence-corrected chi connectivity index (χ0v) is 18.0. The second-order valence-electron chi connectivity index (χ2n) is 7.37. The van der Waals surface area contributed by atoms with Gasteiger partial charge in [0.2, 0.25) is 5.91 Å². The van der Waals surface area contributed by atoms with Gasteiger partial charge in [0.05, 0.1) is 11.4 Å². The Balaban J connectivity index is 1.27. The van der Waals surface area contributed by atoms with Crippen LogP contribution in [0, 0.1) is 0 Å². The third kappa shape index (κ3) is 4.66. The molecule has 30 heavy (non-hydrogen) atoms. The first kappa shape index (κ1) is 20.8. The van der Waals surface area contributed by atoms with E-state index in [2.05, 4.69) is 20.7 Å². The van der Waals surface area contributed by atoms with Crippen molar-refractivity contribution in [3.63, 3.8) is 0 Å². The fourth-order valence-corrected chi connectivity index (χ4v) is 5.19. The highest BCUT2D eigenvalue weighted by atomic mass is 35.5. The minimum Gasteiger partial charge on any atom is -0.340 e. The van der Waals surface area contributed by atoms with Crippen LogP contribution in [0.3, 0.4) is 0 Å². The Bertz CT molecular complexity index is 1080. The lowest BCUT2D eigenvalue weighted by Crippen LogP contribution is -2.48. The summed E-state index contributed by atoms with van der Waals surface area (Å²) in [5.41, 5.74) is 1.72. The fourth-order valence-electron chi connectivity index (χ4n) is 3.72. The highest BCUT2D eigenvalue weighted by molar-refractivity contribution is 7.90. The second kappa shape index (κ2) is 8.75. The third-order valence-corrected chi connectivity index (χ3v) is 6.91. The fraction of sp³-hybridized carbons (Fsp3) is 0.333. The van der Waals surface area contributed by atoms with E-state index in [1.807, 2.05) is 23.1 Å². The zero-order chi connectivity index (χ0) is 21.1. The molecule has 4 rings (SSSR count). The molecule has 158 valence electrons. The van der Waals surface area contributed by atoms with Crippen molar-refractivity contribution in [2.45, 2.75) is 17.9 Å². The van der Waals surface area contributed by atoms with Crippen LogP contribution >= 0.6 is 11.6 Å². The molecule has 0 saturated carbocycles. The monoisotopic (exact) mass is 446 g/mol. The highest BCUT2D eigenvalue weighted by Gasteiger charge is 2.30. The molecule has 7 nitrogen and oxygen atoms in total. The Morgan fingerprint density at radius 3 is 2.60 bits per heavy atom. The summed E-state index contributed by atoms with van der Waals surface area (Å²) in [6, 6.07) is 14.5. The maximum Gasteiger partial charge on any atom is 0.263 e. The van der Waals surface area contributed by atoms with Gasteiger partial charge in [0.15, 0.2) is 0 Å². The molecule has 1 fully saturated rings. The van der Waals surface area contributed by atoms with Gasteiger partial charge in [-0.3, -0.25) is 19.4 Å². The van der Waals surface area contributed by atoms with E-state index < -0.39 is 10.0 Å². The predicted molar refractivity (Wildman–Crippen MR) is 116 cm³/mol. The summed E-state index contributed by atoms with van der Waals surface area (Å²) in [4.78, 5) is 21.2. The Morgan fingerprint density at radius 1 is 1.07 bits per heavy atom. The molecule has 0 radical (unpaired) electrons. The largest absolute Gasteiger partial charge is 0.340 e. The average Bonchev–Trinajstić information content (AvgIpc) is 2.99. The van der Waals surface area contributed by atoms with Crippen LogP contribution < -0.4 is 4.72 Å². The molecule has 0 spiro atoms. The Morgan fingerprint density at radius 2 is 1.83 bits per heavy atom. The number of aliphatic imine (C=N–C) groups is 1. The number of hydrogen-bond acceptors (Lipinski definition) is 5. The van der Waals surface area contributed by atoms with Gasteiger partial charge in [0, 0.05) is 49.7 Å². The van der Waals surface area contributed by atoms with Crippen LogP contribution in [0.1, 0.15) is 17.5 Å². The van der Waals surface area contributed by atoms with Crippen molar-refractivity contribution >= 4 is 33.4 Å². The highest BCUT2D eigenvalue weighted by Crippen LogP contribution is 2.22. The maximum atomic E-state index is 12.5. The quantitative estimate of drug-likeness (QED) is 0.762. The summed E-state index contributed by atoms with van der Waals surface area (Å²) in [5.74, 6) is 0.348. The van der Waals surface area contributed by atoms with Gasteiger partial charge in [0.1, 0.15) is 5.84 Å². The molecule has 0 unspecified atom stereocenters. The minimum atomic E-state index is -3.55. The van der Waals surface area contributed by atoms with Crippen LogP contribution in [0.5, 0.6) is 0 Å². The number of amides is 1. The van der Waals surface area contributed by atoms with Gasteiger partial charge in [0.25, 0.3) is 10.0 Å². The third-order valence-electron chi connectivity index (χ3n) is 5.28. The normalized spacial score (nSPS) is 19.5. The van der Waals surface area contributed by atoms with Gasteiger partial charge in [-0.15, -0.1) is 0 Å². The van der Waals surface area contributed by atoms with Crippen molar-refractivity contribution in [3.8, 4) is 0 Å². The van der Waals surface area contributed by atoms with Crippen LogP contribution in [-0.2, 0) is 21.4 Å². The number of piperazine rings is 1. The van der Waals surface area contributed by atoms with E-state index in [1.54, 1.807) is 24.3 Å². The van der Waals surface area contributed by atoms with Crippen molar-refractivity contribution in [3.05, 3.63) is 64.7 Å². The van der Waals surface area contributed by atoms with Crippen LogP contribution in [-0.4, -0.2) is 62.7 Å². The van der Waals surface area contributed by atoms with Crippen molar-refractivity contribution in [1.29, 1.82) is 0 Å². The number of halogens is 1. The van der Waals surface area contributed by atoms with Crippen LogP contribution in [0.4, 0.5) is 0 Å². The van der Waals surface area contributed by atoms with E-state index in [9.17, 15) is 13.2 Å². The number of carbonyl (C=O) groups is 1. The van der Waals surface area contributed by atoms with E-state index in [-0.39, 0.29) is 23.8 Å². The molecule has 2 aromatic carbocycles. The smallest absolute Gasteiger partial charge is 0.263 e. The van der Waals surface area contributed by atoms with Gasteiger partial charge in [-0.2, -0.15) is 0 Å². The molecule has 2 aliphatic heterocycles. The number of carbonyl (C=O) groups excluding carboxylic acids is 1. The van der Waals surface area contributed by atoms with Crippen molar-refractivity contribution in [1.82, 2.24) is 14.5 Å². The van der Waals surface area contributed by atoms with Gasteiger partial charge >= 0.3 is 0 Å². The Labute approximate surface area is 181 Å². The van der Waals surface area contributed by atoms with Gasteiger partial charge in [-0.25, -0.2) is 8.42 Å². The van der Waals surface area contributed by atoms with Crippen molar-refractivity contribution < 1.29 is 13.2 Å². The zero-order valence-electron chi connectivity index (χ0n) is 16.4. The maximum absolute atomic E-state index is 12.5. The molecule has 2 aromatic rings. The van der Waals surface area contributed by atoms with E-state index in [1.165, 1.54) is 0 Å². The summed E-state index contributed by atoms with van der Waals surface area (Å²) >= 11 is 6.05. The first-order chi connectivity index (χ1) is 14.4. The lowest BCUT2D eigenvalue weighted by molar-refractivity contribution is -0.132. The lowest BCUT2D eigenvalue weighted by atomic mass is 10.2. The topological polar surface area (TPSA) is 82.1 Å².